The molecule has 1 fully saturated rings. The summed E-state index contributed by atoms with van der Waals surface area (Å²) < 4.78 is 7.24. The average Bonchev–Trinajstić information content (AvgIpc) is 3.16. The Balaban J connectivity index is 1.67. The molecule has 1 N–H and O–H groups in total. The van der Waals surface area contributed by atoms with Crippen molar-refractivity contribution in [3.63, 3.8) is 0 Å². The number of hydrogen-bond acceptors (Lipinski definition) is 6. The molecule has 0 unspecified atom stereocenters. The zero-order valence-electron chi connectivity index (χ0n) is 13.9. The fourth-order valence-corrected chi connectivity index (χ4v) is 2.58. The fraction of sp³-hybridized carbons (Fsp3) is 0.600. The van der Waals surface area contributed by atoms with Crippen LogP contribution in [0.3, 0.4) is 0 Å². The summed E-state index contributed by atoms with van der Waals surface area (Å²) in [4.78, 5) is 17.7. The van der Waals surface area contributed by atoms with Crippen LogP contribution in [-0.2, 0) is 10.2 Å². The lowest BCUT2D eigenvalue weighted by Gasteiger charge is -2.14. The number of amides is 1. The van der Waals surface area contributed by atoms with Crippen LogP contribution in [0.4, 0.5) is 11.8 Å². The number of carbonyl (C=O) groups excluding carboxylic acids is 1. The molecule has 124 valence electrons. The van der Waals surface area contributed by atoms with Gasteiger partial charge in [0.05, 0.1) is 6.04 Å². The maximum absolute atomic E-state index is 11.1. The van der Waals surface area contributed by atoms with E-state index in [4.69, 9.17) is 4.52 Å². The molecule has 0 bridgehead atoms. The number of aromatic nitrogens is 4. The summed E-state index contributed by atoms with van der Waals surface area (Å²) in [5.41, 5.74) is -0.153. The predicted octanol–water partition coefficient (Wildman–Crippen LogP) is 1.97. The van der Waals surface area contributed by atoms with Gasteiger partial charge in [0.25, 0.3) is 5.95 Å². The average molecular weight is 318 g/mol. The van der Waals surface area contributed by atoms with Crippen LogP contribution in [0, 0.1) is 0 Å². The fourth-order valence-electron chi connectivity index (χ4n) is 2.58. The van der Waals surface area contributed by atoms with Gasteiger partial charge >= 0.3 is 0 Å². The van der Waals surface area contributed by atoms with E-state index >= 15 is 0 Å². The molecule has 1 aliphatic rings. The van der Waals surface area contributed by atoms with Crippen LogP contribution in [0.2, 0.25) is 0 Å². The summed E-state index contributed by atoms with van der Waals surface area (Å²) in [7, 11) is 0. The molecule has 3 heterocycles. The Morgan fingerprint density at radius 2 is 2.22 bits per heavy atom. The molecule has 2 aromatic rings. The summed E-state index contributed by atoms with van der Waals surface area (Å²) in [6.07, 6.45) is 2.83. The first-order valence-corrected chi connectivity index (χ1v) is 7.75. The van der Waals surface area contributed by atoms with Gasteiger partial charge in [-0.1, -0.05) is 20.8 Å². The van der Waals surface area contributed by atoms with Gasteiger partial charge in [0, 0.05) is 37.7 Å². The van der Waals surface area contributed by atoms with Gasteiger partial charge in [-0.2, -0.15) is 10.1 Å². The number of nitrogens with zero attached hydrogens (tertiary/aromatic N) is 5. The van der Waals surface area contributed by atoms with E-state index in [9.17, 15) is 4.79 Å². The van der Waals surface area contributed by atoms with Gasteiger partial charge in [0.1, 0.15) is 0 Å². The molecule has 23 heavy (non-hydrogen) atoms. The van der Waals surface area contributed by atoms with E-state index in [1.165, 1.54) is 6.92 Å². The highest BCUT2D eigenvalue weighted by molar-refractivity contribution is 5.87. The summed E-state index contributed by atoms with van der Waals surface area (Å²) in [6.45, 7) is 9.23. The topological polar surface area (TPSA) is 89.1 Å². The SMILES string of the molecule is CC(=O)Nc1ccn([C@@H]2CCN(c3noc(C(C)(C)C)n3)C2)n1. The Morgan fingerprint density at radius 3 is 2.87 bits per heavy atom. The molecule has 8 heteroatoms. The smallest absolute Gasteiger partial charge is 0.266 e. The van der Waals surface area contributed by atoms with E-state index < -0.39 is 0 Å². The molecular formula is C15H22N6O2. The Bertz CT molecular complexity index is 699. The van der Waals surface area contributed by atoms with Gasteiger partial charge in [0.15, 0.2) is 5.82 Å². The minimum Gasteiger partial charge on any atom is -0.337 e. The van der Waals surface area contributed by atoms with Crippen molar-refractivity contribution in [2.24, 2.45) is 0 Å². The van der Waals surface area contributed by atoms with Crippen LogP contribution in [0.25, 0.3) is 0 Å². The van der Waals surface area contributed by atoms with Crippen LogP contribution >= 0.6 is 0 Å². The van der Waals surface area contributed by atoms with Crippen LogP contribution < -0.4 is 10.2 Å². The first kappa shape index (κ1) is 15.5. The van der Waals surface area contributed by atoms with Crippen LogP contribution in [0.15, 0.2) is 16.8 Å². The highest BCUT2D eigenvalue weighted by Crippen LogP contribution is 2.27. The number of carbonyl (C=O) groups is 1. The van der Waals surface area contributed by atoms with E-state index in [0.717, 1.165) is 19.5 Å². The van der Waals surface area contributed by atoms with E-state index in [1.54, 1.807) is 6.07 Å². The molecule has 8 nitrogen and oxygen atoms in total. The number of anilines is 2. The molecule has 0 aliphatic carbocycles. The molecule has 1 amide bonds. The normalized spacial score (nSPS) is 18.4. The van der Waals surface area contributed by atoms with Gasteiger partial charge in [-0.05, 0) is 11.6 Å². The molecule has 2 aromatic heterocycles. The van der Waals surface area contributed by atoms with Crippen molar-refractivity contribution in [2.75, 3.05) is 23.3 Å². The molecule has 0 aromatic carbocycles. The highest BCUT2D eigenvalue weighted by atomic mass is 16.5. The van der Waals surface area contributed by atoms with Crippen LogP contribution in [0.5, 0.6) is 0 Å². The number of hydrogen-bond donors (Lipinski definition) is 1. The second kappa shape index (κ2) is 5.68. The Kier molecular flexibility index (Phi) is 3.83. The first-order valence-electron chi connectivity index (χ1n) is 7.75. The van der Waals surface area contributed by atoms with Gasteiger partial charge in [-0.3, -0.25) is 9.48 Å². The van der Waals surface area contributed by atoms with Crippen molar-refractivity contribution >= 4 is 17.7 Å². The zero-order valence-corrected chi connectivity index (χ0v) is 13.9. The zero-order chi connectivity index (χ0) is 16.6. The minimum atomic E-state index is -0.153. The van der Waals surface area contributed by atoms with Gasteiger partial charge in [-0.15, -0.1) is 0 Å². The van der Waals surface area contributed by atoms with E-state index in [0.29, 0.717) is 17.7 Å². The highest BCUT2D eigenvalue weighted by Gasteiger charge is 2.29. The van der Waals surface area contributed by atoms with Crippen molar-refractivity contribution in [3.05, 3.63) is 18.2 Å². The largest absolute Gasteiger partial charge is 0.337 e. The van der Waals surface area contributed by atoms with Crippen LogP contribution in [0.1, 0.15) is 46.0 Å². The molecule has 1 saturated heterocycles. The summed E-state index contributed by atoms with van der Waals surface area (Å²) in [6, 6.07) is 2.03. The predicted molar refractivity (Wildman–Crippen MR) is 85.4 cm³/mol. The Morgan fingerprint density at radius 1 is 1.43 bits per heavy atom. The second-order valence-corrected chi connectivity index (χ2v) is 6.90. The molecule has 1 atom stereocenters. The lowest BCUT2D eigenvalue weighted by molar-refractivity contribution is -0.114. The second-order valence-electron chi connectivity index (χ2n) is 6.90. The maximum Gasteiger partial charge on any atom is 0.266 e. The van der Waals surface area contributed by atoms with Crippen molar-refractivity contribution < 1.29 is 9.32 Å². The minimum absolute atomic E-state index is 0.121. The number of nitrogens with one attached hydrogen (secondary N) is 1. The quantitative estimate of drug-likeness (QED) is 0.930. The summed E-state index contributed by atoms with van der Waals surface area (Å²) in [5.74, 6) is 1.73. The van der Waals surface area contributed by atoms with E-state index in [1.807, 2.05) is 31.6 Å². The Hall–Kier alpha value is -2.38. The Labute approximate surface area is 134 Å². The van der Waals surface area contributed by atoms with E-state index in [2.05, 4.69) is 25.5 Å². The molecule has 0 saturated carbocycles. The van der Waals surface area contributed by atoms with Gasteiger partial charge < -0.3 is 14.7 Å². The lowest BCUT2D eigenvalue weighted by Crippen LogP contribution is -2.22. The van der Waals surface area contributed by atoms with Gasteiger partial charge in [0.2, 0.25) is 11.8 Å². The van der Waals surface area contributed by atoms with Crippen molar-refractivity contribution in [1.29, 1.82) is 0 Å². The first-order chi connectivity index (χ1) is 10.8. The van der Waals surface area contributed by atoms with E-state index in [-0.39, 0.29) is 17.4 Å². The number of rotatable bonds is 3. The molecule has 3 rings (SSSR count). The lowest BCUT2D eigenvalue weighted by atomic mass is 9.97. The standard InChI is InChI=1S/C15H22N6O2/c1-10(22)16-12-6-8-21(18-12)11-5-7-20(9-11)14-17-13(23-19-14)15(2,3)4/h6,8,11H,5,7,9H2,1-4H3,(H,16,18,22)/t11-/m1/s1. The molecule has 0 radical (unpaired) electrons. The monoisotopic (exact) mass is 318 g/mol. The summed E-state index contributed by atoms with van der Waals surface area (Å²) >= 11 is 0. The van der Waals surface area contributed by atoms with Crippen molar-refractivity contribution in [1.82, 2.24) is 19.9 Å². The van der Waals surface area contributed by atoms with Crippen molar-refractivity contribution in [2.45, 2.75) is 45.6 Å². The molecule has 1 aliphatic heterocycles. The van der Waals surface area contributed by atoms with Gasteiger partial charge in [-0.25, -0.2) is 0 Å². The van der Waals surface area contributed by atoms with Crippen molar-refractivity contribution in [3.8, 4) is 0 Å². The van der Waals surface area contributed by atoms with Crippen LogP contribution in [-0.4, -0.2) is 38.9 Å². The summed E-state index contributed by atoms with van der Waals surface area (Å²) in [5, 5.41) is 11.2. The third-order valence-electron chi connectivity index (χ3n) is 3.79. The molecular weight excluding hydrogens is 296 g/mol. The third kappa shape index (κ3) is 3.35. The molecule has 0 spiro atoms. The maximum atomic E-state index is 11.1. The third-order valence-corrected chi connectivity index (χ3v) is 3.79.